The van der Waals surface area contributed by atoms with Crippen LogP contribution in [0.1, 0.15) is 12.8 Å². The molecule has 0 saturated carbocycles. The van der Waals surface area contributed by atoms with Crippen molar-refractivity contribution in [3.8, 4) is 11.3 Å². The van der Waals surface area contributed by atoms with Gasteiger partial charge in [-0.3, -0.25) is 5.10 Å². The summed E-state index contributed by atoms with van der Waals surface area (Å²) >= 11 is 1.62. The van der Waals surface area contributed by atoms with E-state index in [0.717, 1.165) is 33.0 Å². The van der Waals surface area contributed by atoms with E-state index >= 15 is 0 Å². The molecule has 0 bridgehead atoms. The fourth-order valence-electron chi connectivity index (χ4n) is 3.43. The molecule has 0 amide bonds. The topological polar surface area (TPSA) is 56.8 Å². The molecule has 0 radical (unpaired) electrons. The van der Waals surface area contributed by atoms with E-state index < -0.39 is 0 Å². The highest BCUT2D eigenvalue weighted by Crippen LogP contribution is 2.30. The fraction of sp³-hybridized carbons (Fsp3) is 0.200. The minimum Gasteiger partial charge on any atom is -0.372 e. The molecule has 0 atom stereocenters. The molecule has 26 heavy (non-hydrogen) atoms. The van der Waals surface area contributed by atoms with E-state index in [2.05, 4.69) is 56.1 Å². The predicted molar refractivity (Wildman–Crippen MR) is 108 cm³/mol. The summed E-state index contributed by atoms with van der Waals surface area (Å²) in [7, 11) is 0. The molecule has 130 valence electrons. The predicted octanol–water partition coefficient (Wildman–Crippen LogP) is 5.03. The van der Waals surface area contributed by atoms with Crippen LogP contribution in [0, 0.1) is 0 Å². The molecule has 5 rings (SSSR count). The molecule has 2 N–H and O–H groups in total. The van der Waals surface area contributed by atoms with Crippen LogP contribution >= 0.6 is 11.3 Å². The van der Waals surface area contributed by atoms with Gasteiger partial charge in [-0.2, -0.15) is 5.10 Å². The maximum atomic E-state index is 4.74. The van der Waals surface area contributed by atoms with Gasteiger partial charge in [0.1, 0.15) is 0 Å². The van der Waals surface area contributed by atoms with Gasteiger partial charge in [0.05, 0.1) is 17.4 Å². The van der Waals surface area contributed by atoms with Gasteiger partial charge < -0.3 is 10.2 Å². The summed E-state index contributed by atoms with van der Waals surface area (Å²) < 4.78 is 0. The van der Waals surface area contributed by atoms with Crippen LogP contribution in [0.5, 0.6) is 0 Å². The zero-order valence-electron chi connectivity index (χ0n) is 14.3. The normalized spacial score (nSPS) is 14.2. The zero-order valence-corrected chi connectivity index (χ0v) is 15.1. The smallest absolute Gasteiger partial charge is 0.187 e. The van der Waals surface area contributed by atoms with E-state index in [1.54, 1.807) is 11.3 Å². The molecule has 1 aliphatic heterocycles. The number of anilines is 3. The molecule has 2 aromatic carbocycles. The number of aromatic amines is 1. The number of fused-ring (bicyclic) bond motifs is 1. The Balaban J connectivity index is 1.34. The summed E-state index contributed by atoms with van der Waals surface area (Å²) in [5, 5.41) is 14.5. The zero-order chi connectivity index (χ0) is 17.3. The van der Waals surface area contributed by atoms with Gasteiger partial charge in [0.15, 0.2) is 5.13 Å². The quantitative estimate of drug-likeness (QED) is 0.535. The number of nitrogens with one attached hydrogen (secondary N) is 2. The first-order valence-electron chi connectivity index (χ1n) is 8.86. The lowest BCUT2D eigenvalue weighted by molar-refractivity contribution is 0.949. The van der Waals surface area contributed by atoms with Crippen LogP contribution in [-0.4, -0.2) is 28.3 Å². The number of aromatic nitrogens is 3. The maximum Gasteiger partial charge on any atom is 0.187 e. The third-order valence-corrected chi connectivity index (χ3v) is 5.59. The lowest BCUT2D eigenvalue weighted by Crippen LogP contribution is -2.17. The van der Waals surface area contributed by atoms with Crippen LogP contribution in [0.15, 0.2) is 54.0 Å². The molecule has 6 heteroatoms. The number of nitrogens with zero attached hydrogens (tertiary/aromatic N) is 3. The van der Waals surface area contributed by atoms with Crippen LogP contribution < -0.4 is 10.2 Å². The summed E-state index contributed by atoms with van der Waals surface area (Å²) in [6, 6.07) is 14.9. The van der Waals surface area contributed by atoms with E-state index in [-0.39, 0.29) is 0 Å². The van der Waals surface area contributed by atoms with Crippen LogP contribution in [-0.2, 0) is 0 Å². The molecule has 0 aliphatic carbocycles. The molecular weight excluding hydrogens is 342 g/mol. The Hall–Kier alpha value is -2.86. The number of H-pyrrole nitrogens is 1. The summed E-state index contributed by atoms with van der Waals surface area (Å²) in [5.41, 5.74) is 5.53. The Morgan fingerprint density at radius 1 is 1.04 bits per heavy atom. The third kappa shape index (κ3) is 2.93. The minimum atomic E-state index is 0.895. The standard InChI is InChI=1S/C20H19N5S/c1-2-10-25(9-1)17-6-3-14(4-7-17)19-13-26-20(23-19)22-16-5-8-18-15(11-16)12-21-24-18/h3-8,11-13H,1-2,9-10H2,(H,21,24)(H,22,23). The molecule has 1 saturated heterocycles. The number of benzene rings is 2. The second kappa shape index (κ2) is 6.46. The average molecular weight is 361 g/mol. The average Bonchev–Trinajstić information content (AvgIpc) is 3.43. The molecule has 2 aromatic heterocycles. The molecule has 3 heterocycles. The van der Waals surface area contributed by atoms with Gasteiger partial charge in [-0.05, 0) is 43.2 Å². The van der Waals surface area contributed by atoms with E-state index in [4.69, 9.17) is 4.98 Å². The summed E-state index contributed by atoms with van der Waals surface area (Å²) in [6.45, 7) is 2.34. The van der Waals surface area contributed by atoms with Crippen molar-refractivity contribution in [3.05, 3.63) is 54.0 Å². The number of thiazole rings is 1. The number of rotatable bonds is 4. The van der Waals surface area contributed by atoms with Crippen LogP contribution in [0.25, 0.3) is 22.2 Å². The first-order valence-corrected chi connectivity index (χ1v) is 9.74. The Kier molecular flexibility index (Phi) is 3.83. The fourth-order valence-corrected chi connectivity index (χ4v) is 4.17. The van der Waals surface area contributed by atoms with Crippen molar-refractivity contribution in [1.82, 2.24) is 15.2 Å². The number of hydrogen-bond acceptors (Lipinski definition) is 5. The molecule has 1 aliphatic rings. The second-order valence-corrected chi connectivity index (χ2v) is 7.43. The summed E-state index contributed by atoms with van der Waals surface area (Å²) in [4.78, 5) is 7.19. The van der Waals surface area contributed by atoms with Crippen LogP contribution in [0.4, 0.5) is 16.5 Å². The van der Waals surface area contributed by atoms with Gasteiger partial charge in [0, 0.05) is 40.8 Å². The molecule has 0 spiro atoms. The first-order chi connectivity index (χ1) is 12.8. The van der Waals surface area contributed by atoms with Crippen molar-refractivity contribution in [2.75, 3.05) is 23.3 Å². The van der Waals surface area contributed by atoms with Crippen molar-refractivity contribution in [2.24, 2.45) is 0 Å². The minimum absolute atomic E-state index is 0.895. The molecule has 0 unspecified atom stereocenters. The van der Waals surface area contributed by atoms with Crippen LogP contribution in [0.2, 0.25) is 0 Å². The van der Waals surface area contributed by atoms with E-state index in [0.29, 0.717) is 0 Å². The Bertz CT molecular complexity index is 1030. The van der Waals surface area contributed by atoms with Crippen molar-refractivity contribution in [1.29, 1.82) is 0 Å². The molecule has 4 aromatic rings. The Labute approximate surface area is 155 Å². The molecule has 5 nitrogen and oxygen atoms in total. The summed E-state index contributed by atoms with van der Waals surface area (Å²) in [6.07, 6.45) is 4.43. The van der Waals surface area contributed by atoms with Gasteiger partial charge in [0.2, 0.25) is 0 Å². The molecular formula is C20H19N5S. The summed E-state index contributed by atoms with van der Waals surface area (Å²) in [5.74, 6) is 0. The van der Waals surface area contributed by atoms with E-state index in [1.807, 2.05) is 18.3 Å². The Morgan fingerprint density at radius 3 is 2.73 bits per heavy atom. The van der Waals surface area contributed by atoms with E-state index in [9.17, 15) is 0 Å². The second-order valence-electron chi connectivity index (χ2n) is 6.58. The number of hydrogen-bond donors (Lipinski definition) is 2. The van der Waals surface area contributed by atoms with Gasteiger partial charge in [-0.15, -0.1) is 11.3 Å². The lowest BCUT2D eigenvalue weighted by Gasteiger charge is -2.17. The largest absolute Gasteiger partial charge is 0.372 e. The SMILES string of the molecule is c1cc2[nH]ncc2cc1Nc1nc(-c2ccc(N3CCCC3)cc2)cs1. The van der Waals surface area contributed by atoms with Gasteiger partial charge >= 0.3 is 0 Å². The van der Waals surface area contributed by atoms with Crippen molar-refractivity contribution >= 4 is 38.7 Å². The van der Waals surface area contributed by atoms with Crippen molar-refractivity contribution in [2.45, 2.75) is 12.8 Å². The maximum absolute atomic E-state index is 4.74. The van der Waals surface area contributed by atoms with Gasteiger partial charge in [0.25, 0.3) is 0 Å². The van der Waals surface area contributed by atoms with E-state index in [1.165, 1.54) is 31.6 Å². The lowest BCUT2D eigenvalue weighted by atomic mass is 10.1. The van der Waals surface area contributed by atoms with Crippen LogP contribution in [0.3, 0.4) is 0 Å². The highest BCUT2D eigenvalue weighted by atomic mass is 32.1. The molecule has 1 fully saturated rings. The Morgan fingerprint density at radius 2 is 1.88 bits per heavy atom. The first kappa shape index (κ1) is 15.4. The monoisotopic (exact) mass is 361 g/mol. The third-order valence-electron chi connectivity index (χ3n) is 4.83. The van der Waals surface area contributed by atoms with Crippen molar-refractivity contribution in [3.63, 3.8) is 0 Å². The highest BCUT2D eigenvalue weighted by molar-refractivity contribution is 7.14. The van der Waals surface area contributed by atoms with Crippen molar-refractivity contribution < 1.29 is 0 Å². The highest BCUT2D eigenvalue weighted by Gasteiger charge is 2.12. The van der Waals surface area contributed by atoms with Gasteiger partial charge in [-0.1, -0.05) is 12.1 Å². The van der Waals surface area contributed by atoms with Gasteiger partial charge in [-0.25, -0.2) is 4.98 Å².